The van der Waals surface area contributed by atoms with Gasteiger partial charge in [-0.15, -0.1) is 0 Å². The molecule has 1 aromatic heterocycles. The van der Waals surface area contributed by atoms with Crippen LogP contribution in [0.15, 0.2) is 48.2 Å². The zero-order chi connectivity index (χ0) is 18.0. The van der Waals surface area contributed by atoms with Gasteiger partial charge in [-0.1, -0.05) is 55.0 Å². The van der Waals surface area contributed by atoms with Crippen LogP contribution in [-0.4, -0.2) is 11.0 Å². The molecule has 3 rings (SSSR count). The maximum atomic E-state index is 12.4. The summed E-state index contributed by atoms with van der Waals surface area (Å²) in [5.74, 6) is 0.815. The van der Waals surface area contributed by atoms with Gasteiger partial charge in [0, 0.05) is 6.20 Å². The van der Waals surface area contributed by atoms with Crippen molar-refractivity contribution in [2.75, 3.05) is 0 Å². The number of para-hydroxylation sites is 1. The first-order valence-electron chi connectivity index (χ1n) is 8.37. The molecule has 2 atom stereocenters. The van der Waals surface area contributed by atoms with E-state index in [4.69, 9.17) is 9.47 Å². The molecule has 4 nitrogen and oxygen atoms in total. The molecule has 0 bridgehead atoms. The molecule has 25 heavy (non-hydrogen) atoms. The van der Waals surface area contributed by atoms with Crippen LogP contribution < -0.4 is 4.74 Å². The third-order valence-corrected chi connectivity index (χ3v) is 5.36. The molecular weight excluding hydrogens is 334 g/mol. The largest absolute Gasteiger partial charge is 0.460 e. The Morgan fingerprint density at radius 1 is 1.28 bits per heavy atom. The molecule has 0 amide bonds. The standard InChI is InChI=1S/C20H23NO3S/c1-13(2)10-16-17(20(16,3)4)18(22)23-12-15-11-21-19(25-15)24-14-8-6-5-7-9-14/h5-11,16-17H,12H2,1-4H3/t16-,17-/m0/s1. The summed E-state index contributed by atoms with van der Waals surface area (Å²) in [5.41, 5.74) is 1.21. The molecule has 0 spiro atoms. The van der Waals surface area contributed by atoms with Crippen LogP contribution in [0.1, 0.15) is 32.6 Å². The predicted octanol–water partition coefficient (Wildman–Crippen LogP) is 5.22. The minimum atomic E-state index is -0.133. The van der Waals surface area contributed by atoms with Crippen LogP contribution in [0.25, 0.3) is 0 Å². The summed E-state index contributed by atoms with van der Waals surface area (Å²) < 4.78 is 11.2. The average Bonchev–Trinajstić information content (AvgIpc) is 2.90. The molecule has 1 saturated carbocycles. The van der Waals surface area contributed by atoms with Gasteiger partial charge < -0.3 is 9.47 Å². The van der Waals surface area contributed by atoms with Gasteiger partial charge >= 0.3 is 5.97 Å². The number of ether oxygens (including phenoxy) is 2. The Labute approximate surface area is 152 Å². The van der Waals surface area contributed by atoms with Gasteiger partial charge in [-0.25, -0.2) is 4.98 Å². The Kier molecular flexibility index (Phi) is 4.95. The fourth-order valence-corrected chi connectivity index (χ4v) is 3.71. The smallest absolute Gasteiger partial charge is 0.310 e. The fraction of sp³-hybridized carbons (Fsp3) is 0.400. The van der Waals surface area contributed by atoms with Crippen LogP contribution >= 0.6 is 11.3 Å². The van der Waals surface area contributed by atoms with Gasteiger partial charge in [0.25, 0.3) is 5.19 Å². The van der Waals surface area contributed by atoms with Crippen LogP contribution in [0.3, 0.4) is 0 Å². The molecule has 0 aliphatic heterocycles. The van der Waals surface area contributed by atoms with Crippen molar-refractivity contribution in [2.45, 2.75) is 34.3 Å². The molecule has 1 aliphatic carbocycles. The van der Waals surface area contributed by atoms with Crippen LogP contribution in [0.5, 0.6) is 10.9 Å². The monoisotopic (exact) mass is 357 g/mol. The van der Waals surface area contributed by atoms with Gasteiger partial charge in [-0.3, -0.25) is 4.79 Å². The number of benzene rings is 1. The van der Waals surface area contributed by atoms with E-state index >= 15 is 0 Å². The van der Waals surface area contributed by atoms with Crippen LogP contribution in [-0.2, 0) is 16.1 Å². The second-order valence-corrected chi connectivity index (χ2v) is 8.26. The van der Waals surface area contributed by atoms with Gasteiger partial charge in [0.2, 0.25) is 0 Å². The second-order valence-electron chi connectivity index (χ2n) is 7.18. The van der Waals surface area contributed by atoms with Gasteiger partial charge in [0.15, 0.2) is 0 Å². The first kappa shape index (κ1) is 17.7. The number of aromatic nitrogens is 1. The molecule has 1 fully saturated rings. The highest BCUT2D eigenvalue weighted by molar-refractivity contribution is 7.13. The second kappa shape index (κ2) is 7.00. The minimum absolute atomic E-state index is 0.0242. The molecule has 0 saturated heterocycles. The number of nitrogens with zero attached hydrogens (tertiary/aromatic N) is 1. The highest BCUT2D eigenvalue weighted by atomic mass is 32.1. The Bertz CT molecular complexity index is 775. The number of carbonyl (C=O) groups excluding carboxylic acids is 1. The molecule has 1 heterocycles. The number of hydrogen-bond acceptors (Lipinski definition) is 5. The van der Waals surface area contributed by atoms with E-state index in [1.54, 1.807) is 6.20 Å². The van der Waals surface area contributed by atoms with Crippen molar-refractivity contribution < 1.29 is 14.3 Å². The predicted molar refractivity (Wildman–Crippen MR) is 98.6 cm³/mol. The van der Waals surface area contributed by atoms with Crippen molar-refractivity contribution in [3.63, 3.8) is 0 Å². The molecule has 0 radical (unpaired) electrons. The average molecular weight is 357 g/mol. The first-order valence-corrected chi connectivity index (χ1v) is 9.19. The van der Waals surface area contributed by atoms with E-state index in [2.05, 4.69) is 38.8 Å². The molecule has 0 unspecified atom stereocenters. The lowest BCUT2D eigenvalue weighted by molar-refractivity contribution is -0.147. The number of rotatable bonds is 6. The maximum absolute atomic E-state index is 12.4. The Morgan fingerprint density at radius 3 is 2.68 bits per heavy atom. The number of esters is 1. The molecule has 2 aromatic rings. The minimum Gasteiger partial charge on any atom is -0.460 e. The van der Waals surface area contributed by atoms with E-state index in [9.17, 15) is 4.79 Å². The number of carbonyl (C=O) groups is 1. The van der Waals surface area contributed by atoms with Crippen molar-refractivity contribution in [3.8, 4) is 10.9 Å². The van der Waals surface area contributed by atoms with Crippen molar-refractivity contribution in [3.05, 3.63) is 53.1 Å². The Balaban J connectivity index is 1.54. The van der Waals surface area contributed by atoms with E-state index in [-0.39, 0.29) is 29.8 Å². The van der Waals surface area contributed by atoms with Crippen molar-refractivity contribution >= 4 is 17.3 Å². The SMILES string of the molecule is CC(C)=C[C@H]1[C@@H](C(=O)OCc2cnc(Oc3ccccc3)s2)C1(C)C. The molecule has 1 aliphatic rings. The Morgan fingerprint density at radius 2 is 2.00 bits per heavy atom. The summed E-state index contributed by atoms with van der Waals surface area (Å²) >= 11 is 1.39. The molecule has 0 N–H and O–H groups in total. The van der Waals surface area contributed by atoms with Gasteiger partial charge in [-0.05, 0) is 37.3 Å². The summed E-state index contributed by atoms with van der Waals surface area (Å²) in [4.78, 5) is 17.5. The van der Waals surface area contributed by atoms with E-state index < -0.39 is 0 Å². The van der Waals surface area contributed by atoms with Crippen LogP contribution in [0.4, 0.5) is 0 Å². The molecular formula is C20H23NO3S. The summed E-state index contributed by atoms with van der Waals surface area (Å²) in [5, 5.41) is 0.548. The lowest BCUT2D eigenvalue weighted by Crippen LogP contribution is -2.10. The van der Waals surface area contributed by atoms with Crippen LogP contribution in [0.2, 0.25) is 0 Å². The zero-order valence-corrected chi connectivity index (χ0v) is 15.8. The van der Waals surface area contributed by atoms with Crippen molar-refractivity contribution in [1.82, 2.24) is 4.98 Å². The maximum Gasteiger partial charge on any atom is 0.310 e. The summed E-state index contributed by atoms with van der Waals surface area (Å²) in [6, 6.07) is 9.50. The molecule has 132 valence electrons. The summed E-state index contributed by atoms with van der Waals surface area (Å²) in [7, 11) is 0. The van der Waals surface area contributed by atoms with Crippen molar-refractivity contribution in [2.24, 2.45) is 17.3 Å². The van der Waals surface area contributed by atoms with Gasteiger partial charge in [0.05, 0.1) is 10.8 Å². The number of hydrogen-bond donors (Lipinski definition) is 0. The molecule has 5 heteroatoms. The normalized spacial score (nSPS) is 20.6. The highest BCUT2D eigenvalue weighted by Gasteiger charge is 2.61. The number of thiazole rings is 1. The third kappa shape index (κ3) is 4.10. The fourth-order valence-electron chi connectivity index (χ4n) is 3.02. The lowest BCUT2D eigenvalue weighted by Gasteiger charge is -2.04. The number of allylic oxidation sites excluding steroid dienone is 2. The van der Waals surface area contributed by atoms with Gasteiger partial charge in [-0.2, -0.15) is 0 Å². The van der Waals surface area contributed by atoms with E-state index in [0.717, 1.165) is 10.6 Å². The van der Waals surface area contributed by atoms with E-state index in [1.165, 1.54) is 16.9 Å². The molecule has 1 aromatic carbocycles. The topological polar surface area (TPSA) is 48.4 Å². The van der Waals surface area contributed by atoms with E-state index in [0.29, 0.717) is 5.19 Å². The van der Waals surface area contributed by atoms with E-state index in [1.807, 2.05) is 30.3 Å². The van der Waals surface area contributed by atoms with Crippen molar-refractivity contribution in [1.29, 1.82) is 0 Å². The van der Waals surface area contributed by atoms with Crippen LogP contribution in [0, 0.1) is 17.3 Å². The summed E-state index contributed by atoms with van der Waals surface area (Å²) in [6.07, 6.45) is 3.87. The van der Waals surface area contributed by atoms with Gasteiger partial charge in [0.1, 0.15) is 12.4 Å². The first-order chi connectivity index (χ1) is 11.9. The Hall–Kier alpha value is -2.14. The lowest BCUT2D eigenvalue weighted by atomic mass is 10.1. The summed E-state index contributed by atoms with van der Waals surface area (Å²) in [6.45, 7) is 8.58. The zero-order valence-electron chi connectivity index (χ0n) is 15.0. The quantitative estimate of drug-likeness (QED) is 0.525. The third-order valence-electron chi connectivity index (χ3n) is 4.51. The highest BCUT2D eigenvalue weighted by Crippen LogP contribution is 2.59.